The number of hydrogen-bond acceptors (Lipinski definition) is 6. The van der Waals surface area contributed by atoms with Gasteiger partial charge in [0, 0.05) is 25.2 Å². The van der Waals surface area contributed by atoms with E-state index in [2.05, 4.69) is 49.4 Å². The van der Waals surface area contributed by atoms with E-state index >= 15 is 0 Å². The van der Waals surface area contributed by atoms with E-state index in [1.807, 2.05) is 0 Å². The molecule has 8 nitrogen and oxygen atoms in total. The first kappa shape index (κ1) is 20.2. The Morgan fingerprint density at radius 3 is 2.56 bits per heavy atom. The molecule has 1 aromatic rings. The molecule has 0 aliphatic carbocycles. The summed E-state index contributed by atoms with van der Waals surface area (Å²) >= 11 is 0. The van der Waals surface area contributed by atoms with Crippen LogP contribution in [0.15, 0.2) is 6.33 Å². The van der Waals surface area contributed by atoms with Gasteiger partial charge in [0.25, 0.3) is 5.91 Å². The zero-order valence-corrected chi connectivity index (χ0v) is 16.6. The van der Waals surface area contributed by atoms with E-state index in [-0.39, 0.29) is 24.1 Å². The minimum Gasteiger partial charge on any atom is -0.363 e. The SMILES string of the molecule is CCN(CC)P(CC)OCC1OC(n2cnc(C(N)=O)n2)C(C)C1C. The van der Waals surface area contributed by atoms with Crippen LogP contribution in [0.1, 0.15) is 51.5 Å². The fourth-order valence-electron chi connectivity index (χ4n) is 3.10. The van der Waals surface area contributed by atoms with E-state index in [1.165, 1.54) is 6.33 Å². The Labute approximate surface area is 150 Å². The van der Waals surface area contributed by atoms with Crippen LogP contribution in [0, 0.1) is 11.8 Å². The summed E-state index contributed by atoms with van der Waals surface area (Å²) in [5, 5.41) is 4.14. The van der Waals surface area contributed by atoms with Gasteiger partial charge in [-0.05, 0) is 5.92 Å². The Morgan fingerprint density at radius 1 is 1.36 bits per heavy atom. The standard InChI is InChI=1S/C16H30N5O3P/c1-6-20(7-2)25(8-3)23-9-13-11(4)12(5)16(24-13)21-10-18-15(19-21)14(17)22/h10-13,16H,6-9H2,1-5H3,(H2,17,22). The van der Waals surface area contributed by atoms with Crippen LogP contribution < -0.4 is 5.73 Å². The van der Waals surface area contributed by atoms with Crippen molar-refractivity contribution in [2.45, 2.75) is 47.0 Å². The van der Waals surface area contributed by atoms with Gasteiger partial charge in [-0.2, -0.15) is 0 Å². The topological polar surface area (TPSA) is 95.5 Å². The number of carbonyl (C=O) groups excluding carboxylic acids is 1. The lowest BCUT2D eigenvalue weighted by Crippen LogP contribution is -2.25. The number of nitrogens with zero attached hydrogens (tertiary/aromatic N) is 4. The van der Waals surface area contributed by atoms with Crippen LogP contribution in [0.2, 0.25) is 0 Å². The number of primary amides is 1. The van der Waals surface area contributed by atoms with Crippen LogP contribution in [-0.4, -0.2) is 57.3 Å². The molecule has 2 rings (SSSR count). The molecule has 5 unspecified atom stereocenters. The Hall–Kier alpha value is -1.08. The number of ether oxygens (including phenoxy) is 1. The number of hydrogen-bond donors (Lipinski definition) is 1. The average Bonchev–Trinajstić information content (AvgIpc) is 3.19. The van der Waals surface area contributed by atoms with Crippen LogP contribution in [0.5, 0.6) is 0 Å². The summed E-state index contributed by atoms with van der Waals surface area (Å²) in [5.74, 6) is -0.0710. The van der Waals surface area contributed by atoms with Crippen LogP contribution in [0.4, 0.5) is 0 Å². The van der Waals surface area contributed by atoms with Gasteiger partial charge in [0.2, 0.25) is 5.82 Å². The molecule has 1 aromatic heterocycles. The van der Waals surface area contributed by atoms with Crippen LogP contribution >= 0.6 is 8.30 Å². The summed E-state index contributed by atoms with van der Waals surface area (Å²) in [7, 11) is -0.587. The lowest BCUT2D eigenvalue weighted by Gasteiger charge is -2.29. The fourth-order valence-corrected chi connectivity index (χ4v) is 4.80. The smallest absolute Gasteiger partial charge is 0.288 e. The Balaban J connectivity index is 2.00. The van der Waals surface area contributed by atoms with Gasteiger partial charge in [-0.1, -0.05) is 34.6 Å². The largest absolute Gasteiger partial charge is 0.363 e. The predicted molar refractivity (Wildman–Crippen MR) is 97.1 cm³/mol. The lowest BCUT2D eigenvalue weighted by molar-refractivity contribution is -0.0365. The van der Waals surface area contributed by atoms with Gasteiger partial charge in [0.1, 0.15) is 14.6 Å². The monoisotopic (exact) mass is 371 g/mol. The van der Waals surface area contributed by atoms with Crippen LogP contribution in [0.3, 0.4) is 0 Å². The molecule has 142 valence electrons. The molecule has 0 bridgehead atoms. The van der Waals surface area contributed by atoms with Crippen molar-refractivity contribution < 1.29 is 14.1 Å². The van der Waals surface area contributed by atoms with Gasteiger partial charge >= 0.3 is 0 Å². The molecule has 0 aromatic carbocycles. The van der Waals surface area contributed by atoms with Crippen LogP contribution in [-0.2, 0) is 9.26 Å². The molecule has 1 aliphatic rings. The van der Waals surface area contributed by atoms with Gasteiger partial charge in [-0.3, -0.25) is 9.46 Å². The molecule has 2 N–H and O–H groups in total. The van der Waals surface area contributed by atoms with E-state index in [4.69, 9.17) is 15.0 Å². The number of nitrogens with two attached hydrogens (primary N) is 1. The van der Waals surface area contributed by atoms with Gasteiger partial charge in [0.15, 0.2) is 6.23 Å². The second kappa shape index (κ2) is 9.03. The second-order valence-electron chi connectivity index (χ2n) is 6.30. The van der Waals surface area contributed by atoms with Crippen molar-refractivity contribution in [1.82, 2.24) is 19.4 Å². The van der Waals surface area contributed by atoms with E-state index in [0.29, 0.717) is 12.5 Å². The van der Waals surface area contributed by atoms with Crippen molar-refractivity contribution in [1.29, 1.82) is 0 Å². The van der Waals surface area contributed by atoms with Crippen molar-refractivity contribution >= 4 is 14.2 Å². The third-order valence-electron chi connectivity index (χ3n) is 4.87. The molecule has 0 radical (unpaired) electrons. The minimum absolute atomic E-state index is 0.00617. The average molecular weight is 371 g/mol. The third-order valence-corrected chi connectivity index (χ3v) is 7.06. The number of aromatic nitrogens is 3. The van der Waals surface area contributed by atoms with Crippen molar-refractivity contribution in [3.63, 3.8) is 0 Å². The quantitative estimate of drug-likeness (QED) is 0.669. The minimum atomic E-state index is -0.634. The number of amides is 1. The molecule has 25 heavy (non-hydrogen) atoms. The summed E-state index contributed by atoms with van der Waals surface area (Å²) in [6.07, 6.45) is 2.24. The highest BCUT2D eigenvalue weighted by Crippen LogP contribution is 2.44. The zero-order chi connectivity index (χ0) is 18.6. The Kier molecular flexibility index (Phi) is 7.31. The lowest BCUT2D eigenvalue weighted by atomic mass is 9.93. The van der Waals surface area contributed by atoms with Crippen molar-refractivity contribution in [3.05, 3.63) is 12.2 Å². The molecular weight excluding hydrogens is 341 g/mol. The molecule has 0 saturated carbocycles. The second-order valence-corrected chi connectivity index (χ2v) is 8.46. The van der Waals surface area contributed by atoms with Gasteiger partial charge in [-0.15, -0.1) is 5.10 Å². The molecule has 1 saturated heterocycles. The van der Waals surface area contributed by atoms with Crippen molar-refractivity contribution in [2.24, 2.45) is 17.6 Å². The fraction of sp³-hybridized carbons (Fsp3) is 0.812. The summed E-state index contributed by atoms with van der Waals surface area (Å²) in [6.45, 7) is 13.3. The molecule has 1 amide bonds. The normalized spacial score (nSPS) is 27.8. The maximum absolute atomic E-state index is 11.2. The molecule has 5 atom stereocenters. The zero-order valence-electron chi connectivity index (χ0n) is 15.8. The van der Waals surface area contributed by atoms with Crippen molar-refractivity contribution in [2.75, 3.05) is 25.9 Å². The molecule has 9 heteroatoms. The Bertz CT molecular complexity index is 566. The van der Waals surface area contributed by atoms with Gasteiger partial charge in [-0.25, -0.2) is 9.67 Å². The maximum atomic E-state index is 11.2. The summed E-state index contributed by atoms with van der Waals surface area (Å²) in [6, 6.07) is 0. The number of rotatable bonds is 9. The molecular formula is C16H30N5O3P. The van der Waals surface area contributed by atoms with E-state index in [1.54, 1.807) is 4.68 Å². The van der Waals surface area contributed by atoms with Gasteiger partial charge < -0.3 is 15.0 Å². The highest BCUT2D eigenvalue weighted by atomic mass is 31.2. The Morgan fingerprint density at radius 2 is 2.04 bits per heavy atom. The number of carbonyl (C=O) groups is 1. The van der Waals surface area contributed by atoms with Crippen molar-refractivity contribution in [3.8, 4) is 0 Å². The first-order chi connectivity index (χ1) is 11.9. The summed E-state index contributed by atoms with van der Waals surface area (Å²) in [5.41, 5.74) is 5.23. The summed E-state index contributed by atoms with van der Waals surface area (Å²) < 4.78 is 16.4. The van der Waals surface area contributed by atoms with Gasteiger partial charge in [0.05, 0.1) is 12.7 Å². The molecule has 0 spiro atoms. The highest BCUT2D eigenvalue weighted by molar-refractivity contribution is 7.49. The molecule has 1 aliphatic heterocycles. The first-order valence-electron chi connectivity index (χ1n) is 8.94. The third kappa shape index (κ3) is 4.56. The van der Waals surface area contributed by atoms with E-state index in [9.17, 15) is 4.79 Å². The predicted octanol–water partition coefficient (Wildman–Crippen LogP) is 2.24. The molecule has 1 fully saturated rings. The summed E-state index contributed by atoms with van der Waals surface area (Å²) in [4.78, 5) is 15.1. The molecule has 2 heterocycles. The van der Waals surface area contributed by atoms with E-state index in [0.717, 1.165) is 19.3 Å². The maximum Gasteiger partial charge on any atom is 0.288 e. The highest BCUT2D eigenvalue weighted by Gasteiger charge is 2.41. The first-order valence-corrected chi connectivity index (χ1v) is 10.3. The van der Waals surface area contributed by atoms with Crippen LogP contribution in [0.25, 0.3) is 0 Å². The van der Waals surface area contributed by atoms with E-state index < -0.39 is 14.2 Å².